The Bertz CT molecular complexity index is 880. The number of nitrogens with zero attached hydrogens (tertiary/aromatic N) is 2. The van der Waals surface area contributed by atoms with Crippen LogP contribution in [-0.2, 0) is 0 Å². The number of carbonyl (C=O) groups is 1. The highest BCUT2D eigenvalue weighted by Gasteiger charge is 2.22. The van der Waals surface area contributed by atoms with Gasteiger partial charge in [-0.25, -0.2) is 9.78 Å². The third kappa shape index (κ3) is 4.39. The molecule has 1 aliphatic rings. The zero-order valence-electron chi connectivity index (χ0n) is 15.4. The lowest BCUT2D eigenvalue weighted by molar-refractivity contribution is 0.248. The van der Waals surface area contributed by atoms with Crippen molar-refractivity contribution in [2.75, 3.05) is 29.9 Å². The first-order valence-electron chi connectivity index (χ1n) is 9.39. The molecule has 2 N–H and O–H groups in total. The molecular formula is C21H24N4OS. The van der Waals surface area contributed by atoms with Crippen LogP contribution >= 0.6 is 11.3 Å². The number of anilines is 2. The van der Waals surface area contributed by atoms with Crippen molar-refractivity contribution in [1.82, 2.24) is 10.3 Å². The van der Waals surface area contributed by atoms with E-state index in [1.54, 1.807) is 11.3 Å². The van der Waals surface area contributed by atoms with Crippen molar-refractivity contribution in [2.45, 2.75) is 19.8 Å². The van der Waals surface area contributed by atoms with Gasteiger partial charge >= 0.3 is 6.03 Å². The zero-order valence-corrected chi connectivity index (χ0v) is 16.3. The van der Waals surface area contributed by atoms with Gasteiger partial charge in [0.1, 0.15) is 0 Å². The molecule has 140 valence electrons. The molecule has 0 unspecified atom stereocenters. The molecule has 1 saturated heterocycles. The normalized spacial score (nSPS) is 15.1. The molecule has 1 aliphatic heterocycles. The molecule has 5 nitrogen and oxygen atoms in total. The smallest absolute Gasteiger partial charge is 0.319 e. The molecule has 6 heteroatoms. The number of hydrogen-bond donors (Lipinski definition) is 2. The lowest BCUT2D eigenvalue weighted by Crippen LogP contribution is -2.39. The molecule has 0 bridgehead atoms. The van der Waals surface area contributed by atoms with Crippen LogP contribution in [0.2, 0.25) is 0 Å². The Morgan fingerprint density at radius 2 is 1.89 bits per heavy atom. The van der Waals surface area contributed by atoms with Gasteiger partial charge in [-0.15, -0.1) is 0 Å². The van der Waals surface area contributed by atoms with E-state index in [-0.39, 0.29) is 6.03 Å². The Morgan fingerprint density at radius 1 is 1.15 bits per heavy atom. The van der Waals surface area contributed by atoms with Crippen molar-refractivity contribution in [3.05, 3.63) is 54.1 Å². The number of piperidine rings is 1. The third-order valence-corrected chi connectivity index (χ3v) is 6.13. The summed E-state index contributed by atoms with van der Waals surface area (Å²) in [5.41, 5.74) is 3.08. The number of aromatic nitrogens is 1. The monoisotopic (exact) mass is 380 g/mol. The lowest BCUT2D eigenvalue weighted by Gasteiger charge is -2.31. The van der Waals surface area contributed by atoms with Gasteiger partial charge in [-0.05, 0) is 49.9 Å². The van der Waals surface area contributed by atoms with Crippen molar-refractivity contribution < 1.29 is 4.79 Å². The van der Waals surface area contributed by atoms with Gasteiger partial charge in [0.2, 0.25) is 0 Å². The Kier molecular flexibility index (Phi) is 5.25. The number of fused-ring (bicyclic) bond motifs is 1. The van der Waals surface area contributed by atoms with Crippen LogP contribution in [0.25, 0.3) is 10.2 Å². The number of amides is 2. The first-order valence-corrected chi connectivity index (χ1v) is 10.2. The minimum Gasteiger partial charge on any atom is -0.348 e. The van der Waals surface area contributed by atoms with Gasteiger partial charge in [0.25, 0.3) is 0 Å². The van der Waals surface area contributed by atoms with E-state index in [9.17, 15) is 4.79 Å². The number of rotatable bonds is 4. The van der Waals surface area contributed by atoms with Crippen molar-refractivity contribution >= 4 is 38.4 Å². The van der Waals surface area contributed by atoms with E-state index in [1.807, 2.05) is 37.3 Å². The Balaban J connectivity index is 1.24. The van der Waals surface area contributed by atoms with E-state index in [1.165, 1.54) is 10.3 Å². The minimum absolute atomic E-state index is 0.132. The molecule has 2 heterocycles. The quantitative estimate of drug-likeness (QED) is 0.693. The van der Waals surface area contributed by atoms with Crippen molar-refractivity contribution in [3.63, 3.8) is 0 Å². The van der Waals surface area contributed by atoms with Crippen LogP contribution in [0.1, 0.15) is 18.4 Å². The van der Waals surface area contributed by atoms with E-state index in [2.05, 4.69) is 33.7 Å². The van der Waals surface area contributed by atoms with E-state index < -0.39 is 0 Å². The van der Waals surface area contributed by atoms with Crippen LogP contribution in [0.15, 0.2) is 48.5 Å². The van der Waals surface area contributed by atoms with Crippen LogP contribution in [0, 0.1) is 12.8 Å². The van der Waals surface area contributed by atoms with Gasteiger partial charge in [0, 0.05) is 25.3 Å². The van der Waals surface area contributed by atoms with Crippen LogP contribution < -0.4 is 15.5 Å². The highest BCUT2D eigenvalue weighted by Crippen LogP contribution is 2.31. The molecule has 1 aromatic heterocycles. The predicted molar refractivity (Wildman–Crippen MR) is 113 cm³/mol. The summed E-state index contributed by atoms with van der Waals surface area (Å²) >= 11 is 1.76. The summed E-state index contributed by atoms with van der Waals surface area (Å²) in [6, 6.07) is 16.0. The van der Waals surface area contributed by atoms with E-state index in [0.29, 0.717) is 12.5 Å². The fraction of sp³-hybridized carbons (Fsp3) is 0.333. The summed E-state index contributed by atoms with van der Waals surface area (Å²) in [6.45, 7) is 4.73. The molecule has 0 saturated carbocycles. The SMILES string of the molecule is Cc1ccc(NC(=O)NCC2CCN(c3nc4ccccc4s3)CC2)cc1. The first kappa shape index (κ1) is 17.8. The van der Waals surface area contributed by atoms with Gasteiger partial charge < -0.3 is 15.5 Å². The fourth-order valence-electron chi connectivity index (χ4n) is 3.37. The van der Waals surface area contributed by atoms with Crippen LogP contribution in [0.5, 0.6) is 0 Å². The number of carbonyl (C=O) groups excluding carboxylic acids is 1. The van der Waals surface area contributed by atoms with Gasteiger partial charge in [-0.2, -0.15) is 0 Å². The summed E-state index contributed by atoms with van der Waals surface area (Å²) in [4.78, 5) is 19.2. The summed E-state index contributed by atoms with van der Waals surface area (Å²) < 4.78 is 1.24. The molecule has 27 heavy (non-hydrogen) atoms. The number of para-hydroxylation sites is 1. The van der Waals surface area contributed by atoms with Crippen LogP contribution in [-0.4, -0.2) is 30.6 Å². The van der Waals surface area contributed by atoms with Crippen molar-refractivity contribution in [2.24, 2.45) is 5.92 Å². The van der Waals surface area contributed by atoms with Gasteiger partial charge in [0.05, 0.1) is 10.2 Å². The number of urea groups is 1. The van der Waals surface area contributed by atoms with Crippen molar-refractivity contribution in [3.8, 4) is 0 Å². The maximum Gasteiger partial charge on any atom is 0.319 e. The third-order valence-electron chi connectivity index (χ3n) is 5.03. The first-order chi connectivity index (χ1) is 13.2. The van der Waals surface area contributed by atoms with E-state index in [4.69, 9.17) is 4.98 Å². The zero-order chi connectivity index (χ0) is 18.6. The molecule has 0 radical (unpaired) electrons. The summed E-state index contributed by atoms with van der Waals surface area (Å²) in [5, 5.41) is 7.01. The predicted octanol–water partition coefficient (Wildman–Crippen LogP) is 4.64. The fourth-order valence-corrected chi connectivity index (χ4v) is 4.39. The molecule has 1 fully saturated rings. The standard InChI is InChI=1S/C21H24N4OS/c1-15-6-8-17(9-7-15)23-20(26)22-14-16-10-12-25(13-11-16)21-24-18-4-2-3-5-19(18)27-21/h2-9,16H,10-14H2,1H3,(H2,22,23,26). The van der Waals surface area contributed by atoms with Gasteiger partial charge in [-0.1, -0.05) is 41.2 Å². The Morgan fingerprint density at radius 3 is 2.63 bits per heavy atom. The highest BCUT2D eigenvalue weighted by molar-refractivity contribution is 7.22. The maximum atomic E-state index is 12.1. The number of thiazole rings is 1. The second-order valence-electron chi connectivity index (χ2n) is 7.10. The number of aryl methyl sites for hydroxylation is 1. The van der Waals surface area contributed by atoms with E-state index >= 15 is 0 Å². The van der Waals surface area contributed by atoms with Gasteiger partial charge in [0.15, 0.2) is 5.13 Å². The lowest BCUT2D eigenvalue weighted by atomic mass is 9.97. The summed E-state index contributed by atoms with van der Waals surface area (Å²) in [6.07, 6.45) is 2.14. The van der Waals surface area contributed by atoms with Crippen molar-refractivity contribution in [1.29, 1.82) is 0 Å². The highest BCUT2D eigenvalue weighted by atomic mass is 32.1. The minimum atomic E-state index is -0.132. The second kappa shape index (κ2) is 7.96. The molecule has 2 amide bonds. The van der Waals surface area contributed by atoms with Gasteiger partial charge in [-0.3, -0.25) is 0 Å². The van der Waals surface area contributed by atoms with Crippen LogP contribution in [0.3, 0.4) is 0 Å². The maximum absolute atomic E-state index is 12.1. The summed E-state index contributed by atoms with van der Waals surface area (Å²) in [7, 11) is 0. The average Bonchev–Trinajstić information content (AvgIpc) is 3.13. The molecule has 4 rings (SSSR count). The number of benzene rings is 2. The van der Waals surface area contributed by atoms with Crippen LogP contribution in [0.4, 0.5) is 15.6 Å². The second-order valence-corrected chi connectivity index (χ2v) is 8.10. The molecule has 2 aromatic carbocycles. The number of hydrogen-bond acceptors (Lipinski definition) is 4. The molecule has 0 atom stereocenters. The topological polar surface area (TPSA) is 57.3 Å². The van der Waals surface area contributed by atoms with E-state index in [0.717, 1.165) is 42.3 Å². The molecule has 0 spiro atoms. The summed E-state index contributed by atoms with van der Waals surface area (Å²) in [5.74, 6) is 0.513. The average molecular weight is 381 g/mol. The molecular weight excluding hydrogens is 356 g/mol. The Labute approximate surface area is 163 Å². The largest absolute Gasteiger partial charge is 0.348 e. The number of nitrogens with one attached hydrogen (secondary N) is 2. The Hall–Kier alpha value is -2.60. The molecule has 0 aliphatic carbocycles. The molecule has 3 aromatic rings.